The Hall–Kier alpha value is -2.15. The average Bonchev–Trinajstić information content (AvgIpc) is 2.72. The van der Waals surface area contributed by atoms with Gasteiger partial charge in [0.1, 0.15) is 0 Å². The van der Waals surface area contributed by atoms with Crippen molar-refractivity contribution >= 4 is 42.1 Å². The van der Waals surface area contributed by atoms with E-state index < -0.39 is 7.26 Å². The summed E-state index contributed by atoms with van der Waals surface area (Å²) in [5.74, 6) is 0. The van der Waals surface area contributed by atoms with Gasteiger partial charge in [-0.3, -0.25) is 4.79 Å². The van der Waals surface area contributed by atoms with E-state index in [1.807, 2.05) is 0 Å². The first-order valence-electron chi connectivity index (χ1n) is 9.04. The first kappa shape index (κ1) is 22.9. The average molecular weight is 403 g/mol. The largest absolute Gasteiger partial charge is 0.483 e. The quantitative estimate of drug-likeness (QED) is 0.482. The van der Waals surface area contributed by atoms with Crippen molar-refractivity contribution < 1.29 is 9.90 Å². The van der Waals surface area contributed by atoms with E-state index in [1.54, 1.807) is 0 Å². The van der Waals surface area contributed by atoms with Gasteiger partial charge in [-0.25, -0.2) is 0 Å². The molecular formula is C23H28ClO2P. The summed E-state index contributed by atoms with van der Waals surface area (Å²) in [6.45, 7) is 2.04. The van der Waals surface area contributed by atoms with Gasteiger partial charge in [0.05, 0.1) is 0 Å². The SMILES string of the molecule is CCCC[PH](c1ccccc1)(c1ccccc1)c1ccccc1.Cl.O=CO. The summed E-state index contributed by atoms with van der Waals surface area (Å²) in [5, 5.41) is 11.4. The van der Waals surface area contributed by atoms with Crippen molar-refractivity contribution in [1.29, 1.82) is 0 Å². The van der Waals surface area contributed by atoms with Crippen molar-refractivity contribution in [2.75, 3.05) is 6.16 Å². The Bertz CT molecular complexity index is 667. The van der Waals surface area contributed by atoms with Crippen LogP contribution in [0, 0.1) is 0 Å². The molecule has 0 atom stereocenters. The van der Waals surface area contributed by atoms with Crippen molar-refractivity contribution in [3.05, 3.63) is 91.0 Å². The standard InChI is InChI=1S/C22H25P.CH2O2.ClH/c1-2-3-19-23(20-13-7-4-8-14-20,21-15-9-5-10-16-21)22-17-11-6-12-18-22;2-1-3;/h4-18,23H,2-3,19H2,1H3;1H,(H,2,3);1H. The molecule has 0 heterocycles. The minimum absolute atomic E-state index is 0. The first-order valence-corrected chi connectivity index (χ1v) is 11.2. The Balaban J connectivity index is 0.000000855. The number of benzene rings is 3. The molecule has 3 rings (SSSR count). The molecule has 3 aromatic carbocycles. The third-order valence-corrected chi connectivity index (χ3v) is 9.77. The molecule has 0 aliphatic carbocycles. The second kappa shape index (κ2) is 12.3. The predicted molar refractivity (Wildman–Crippen MR) is 122 cm³/mol. The van der Waals surface area contributed by atoms with Crippen molar-refractivity contribution in [2.24, 2.45) is 0 Å². The zero-order chi connectivity index (χ0) is 18.7. The fourth-order valence-electron chi connectivity index (χ4n) is 3.54. The number of hydrogen-bond acceptors (Lipinski definition) is 1. The summed E-state index contributed by atoms with van der Waals surface area (Å²) in [5.41, 5.74) is 0. The van der Waals surface area contributed by atoms with Crippen LogP contribution in [0.3, 0.4) is 0 Å². The van der Waals surface area contributed by atoms with Gasteiger partial charge < -0.3 is 5.11 Å². The fourth-order valence-corrected chi connectivity index (χ4v) is 8.58. The minimum Gasteiger partial charge on any atom is -0.483 e. The molecule has 0 spiro atoms. The topological polar surface area (TPSA) is 37.3 Å². The maximum Gasteiger partial charge on any atom is 0.290 e. The number of unbranched alkanes of at least 4 members (excludes halogenated alkanes) is 1. The van der Waals surface area contributed by atoms with Crippen molar-refractivity contribution in [3.63, 3.8) is 0 Å². The van der Waals surface area contributed by atoms with Crippen LogP contribution >= 0.6 is 19.7 Å². The molecule has 0 aliphatic heterocycles. The van der Waals surface area contributed by atoms with Crippen LogP contribution in [0.25, 0.3) is 0 Å². The molecule has 0 bridgehead atoms. The van der Waals surface area contributed by atoms with Crippen LogP contribution in [0.4, 0.5) is 0 Å². The van der Waals surface area contributed by atoms with Crippen LogP contribution in [-0.2, 0) is 4.79 Å². The Labute approximate surface area is 169 Å². The number of rotatable bonds is 6. The monoisotopic (exact) mass is 402 g/mol. The van der Waals surface area contributed by atoms with Gasteiger partial charge in [0, 0.05) is 0 Å². The molecule has 0 saturated carbocycles. The van der Waals surface area contributed by atoms with E-state index in [1.165, 1.54) is 34.9 Å². The van der Waals surface area contributed by atoms with Gasteiger partial charge in [0.15, 0.2) is 0 Å². The van der Waals surface area contributed by atoms with E-state index in [0.717, 1.165) is 0 Å². The molecule has 0 fully saturated rings. The van der Waals surface area contributed by atoms with Crippen LogP contribution in [0.1, 0.15) is 19.8 Å². The molecule has 144 valence electrons. The Morgan fingerprint density at radius 1 is 0.741 bits per heavy atom. The molecule has 4 heteroatoms. The number of carbonyl (C=O) groups is 1. The molecular weight excluding hydrogens is 375 g/mol. The molecule has 3 aromatic rings. The maximum atomic E-state index is 8.36. The van der Waals surface area contributed by atoms with Gasteiger partial charge in [-0.05, 0) is 0 Å². The van der Waals surface area contributed by atoms with Gasteiger partial charge in [0.25, 0.3) is 6.47 Å². The van der Waals surface area contributed by atoms with Gasteiger partial charge in [-0.1, -0.05) is 0 Å². The molecule has 27 heavy (non-hydrogen) atoms. The second-order valence-electron chi connectivity index (χ2n) is 6.21. The van der Waals surface area contributed by atoms with Crippen molar-refractivity contribution in [2.45, 2.75) is 19.8 Å². The second-order valence-corrected chi connectivity index (χ2v) is 10.3. The zero-order valence-corrected chi connectivity index (χ0v) is 17.4. The summed E-state index contributed by atoms with van der Waals surface area (Å²) in [7, 11) is -1.94. The molecule has 0 amide bonds. The molecule has 0 aliphatic rings. The normalized spacial score (nSPS) is 10.7. The summed E-state index contributed by atoms with van der Waals surface area (Å²) >= 11 is 0. The van der Waals surface area contributed by atoms with Crippen LogP contribution in [-0.4, -0.2) is 17.7 Å². The fraction of sp³-hybridized carbons (Fsp3) is 0.174. The van der Waals surface area contributed by atoms with Gasteiger partial charge >= 0.3 is 140 Å². The zero-order valence-electron chi connectivity index (χ0n) is 15.6. The summed E-state index contributed by atoms with van der Waals surface area (Å²) in [4.78, 5) is 8.36. The van der Waals surface area contributed by atoms with Crippen LogP contribution in [0.5, 0.6) is 0 Å². The Kier molecular flexibility index (Phi) is 10.4. The van der Waals surface area contributed by atoms with E-state index in [9.17, 15) is 0 Å². The molecule has 2 nitrogen and oxygen atoms in total. The van der Waals surface area contributed by atoms with Crippen LogP contribution in [0.2, 0.25) is 0 Å². The summed E-state index contributed by atoms with van der Waals surface area (Å²) in [6.07, 6.45) is 3.77. The third-order valence-electron chi connectivity index (χ3n) is 4.71. The third kappa shape index (κ3) is 5.66. The number of halogens is 1. The smallest absolute Gasteiger partial charge is 0.290 e. The van der Waals surface area contributed by atoms with Crippen LogP contribution in [0.15, 0.2) is 91.0 Å². The van der Waals surface area contributed by atoms with Crippen molar-refractivity contribution in [3.8, 4) is 0 Å². The van der Waals surface area contributed by atoms with Crippen LogP contribution < -0.4 is 15.9 Å². The molecule has 0 radical (unpaired) electrons. The van der Waals surface area contributed by atoms with E-state index in [-0.39, 0.29) is 18.9 Å². The summed E-state index contributed by atoms with van der Waals surface area (Å²) in [6, 6.07) is 33.5. The number of hydrogen-bond donors (Lipinski definition) is 1. The number of carboxylic acid groups (broad SMARTS) is 1. The van der Waals surface area contributed by atoms with Gasteiger partial charge in [-0.15, -0.1) is 12.4 Å². The van der Waals surface area contributed by atoms with E-state index in [0.29, 0.717) is 0 Å². The molecule has 0 saturated heterocycles. The van der Waals surface area contributed by atoms with E-state index in [4.69, 9.17) is 9.90 Å². The first-order chi connectivity index (χ1) is 12.8. The Morgan fingerprint density at radius 2 is 1.04 bits per heavy atom. The minimum atomic E-state index is -1.94. The maximum absolute atomic E-state index is 8.36. The van der Waals surface area contributed by atoms with Crippen molar-refractivity contribution in [1.82, 2.24) is 0 Å². The van der Waals surface area contributed by atoms with Gasteiger partial charge in [-0.2, -0.15) is 0 Å². The molecule has 1 N–H and O–H groups in total. The van der Waals surface area contributed by atoms with E-state index in [2.05, 4.69) is 97.9 Å². The Morgan fingerprint density at radius 3 is 1.30 bits per heavy atom. The van der Waals surface area contributed by atoms with Gasteiger partial charge in [0.2, 0.25) is 0 Å². The summed E-state index contributed by atoms with van der Waals surface area (Å²) < 4.78 is 0. The molecule has 0 aromatic heterocycles. The van der Waals surface area contributed by atoms with E-state index >= 15 is 0 Å². The predicted octanol–water partition coefficient (Wildman–Crippen LogP) is 4.64. The molecule has 0 unspecified atom stereocenters.